The van der Waals surface area contributed by atoms with Crippen molar-refractivity contribution in [2.24, 2.45) is 5.92 Å². The summed E-state index contributed by atoms with van der Waals surface area (Å²) in [6.45, 7) is 0. The number of aromatic nitrogens is 2. The summed E-state index contributed by atoms with van der Waals surface area (Å²) in [7, 11) is 0. The van der Waals surface area contributed by atoms with Crippen LogP contribution in [-0.4, -0.2) is 33.1 Å². The summed E-state index contributed by atoms with van der Waals surface area (Å²) >= 11 is 0. The van der Waals surface area contributed by atoms with Crippen molar-refractivity contribution in [3.63, 3.8) is 0 Å². The van der Waals surface area contributed by atoms with E-state index in [9.17, 15) is 9.90 Å². The summed E-state index contributed by atoms with van der Waals surface area (Å²) in [6.07, 6.45) is 5.01. The molecule has 120 valence electrons. The first-order chi connectivity index (χ1) is 11.1. The molecule has 0 aliphatic heterocycles. The fourth-order valence-electron chi connectivity index (χ4n) is 2.83. The Balaban J connectivity index is 1.70. The van der Waals surface area contributed by atoms with Crippen molar-refractivity contribution in [1.82, 2.24) is 15.3 Å². The van der Waals surface area contributed by atoms with Crippen LogP contribution in [0.3, 0.4) is 0 Å². The molecule has 0 bridgehead atoms. The molecule has 0 spiro atoms. The summed E-state index contributed by atoms with van der Waals surface area (Å²) in [6, 6.07) is 8.95. The zero-order valence-electron chi connectivity index (χ0n) is 12.7. The molecular weight excluding hydrogens is 292 g/mol. The molecule has 0 radical (unpaired) electrons. The first-order valence-electron chi connectivity index (χ1n) is 7.72. The van der Waals surface area contributed by atoms with Crippen molar-refractivity contribution in [3.8, 4) is 0 Å². The Morgan fingerprint density at radius 3 is 2.74 bits per heavy atom. The second-order valence-corrected chi connectivity index (χ2v) is 5.96. The number of nitrogens with two attached hydrogens (primary N) is 1. The van der Waals surface area contributed by atoms with Gasteiger partial charge in [0.15, 0.2) is 0 Å². The number of nitrogen functional groups attached to an aromatic ring is 1. The third-order valence-corrected chi connectivity index (χ3v) is 4.24. The molecule has 0 unspecified atom stereocenters. The number of carbonyl (C=O) groups is 1. The summed E-state index contributed by atoms with van der Waals surface area (Å²) < 4.78 is 0. The maximum atomic E-state index is 12.4. The van der Waals surface area contributed by atoms with Crippen molar-refractivity contribution in [3.05, 3.63) is 54.0 Å². The van der Waals surface area contributed by atoms with Crippen LogP contribution in [0.1, 0.15) is 28.9 Å². The number of pyridine rings is 2. The van der Waals surface area contributed by atoms with Crippen molar-refractivity contribution < 1.29 is 9.90 Å². The molecule has 1 aliphatic carbocycles. The van der Waals surface area contributed by atoms with Gasteiger partial charge in [0.1, 0.15) is 5.82 Å². The van der Waals surface area contributed by atoms with Crippen LogP contribution in [0.4, 0.5) is 5.82 Å². The molecule has 1 fully saturated rings. The molecule has 3 rings (SSSR count). The van der Waals surface area contributed by atoms with Crippen LogP contribution in [-0.2, 0) is 6.42 Å². The highest BCUT2D eigenvalue weighted by Crippen LogP contribution is 2.31. The van der Waals surface area contributed by atoms with Gasteiger partial charge in [-0.3, -0.25) is 9.78 Å². The Bertz CT molecular complexity index is 654. The van der Waals surface area contributed by atoms with Crippen molar-refractivity contribution >= 4 is 11.7 Å². The quantitative estimate of drug-likeness (QED) is 0.769. The monoisotopic (exact) mass is 312 g/mol. The van der Waals surface area contributed by atoms with Crippen molar-refractivity contribution in [2.45, 2.75) is 31.4 Å². The minimum Gasteiger partial charge on any atom is -0.393 e. The number of nitrogens with one attached hydrogen (secondary N) is 1. The van der Waals surface area contributed by atoms with Crippen LogP contribution in [0.5, 0.6) is 0 Å². The van der Waals surface area contributed by atoms with E-state index in [1.807, 2.05) is 18.2 Å². The molecule has 1 aliphatic rings. The standard InChI is InChI=1S/C17H20N4O2/c18-16-5-4-11(10-20-16)17(23)21-15(12-7-14(22)8-12)9-13-3-1-2-6-19-13/h1-6,10,12,14-15,22H,7-9H2,(H2,18,20)(H,21,23)/t12?,14?,15-/m0/s1. The molecule has 0 aromatic carbocycles. The molecule has 2 heterocycles. The molecule has 1 saturated carbocycles. The van der Waals surface area contributed by atoms with E-state index >= 15 is 0 Å². The van der Waals surface area contributed by atoms with Gasteiger partial charge in [0.2, 0.25) is 0 Å². The molecule has 6 heteroatoms. The minimum absolute atomic E-state index is 0.0571. The first-order valence-corrected chi connectivity index (χ1v) is 7.72. The normalized spacial score (nSPS) is 21.3. The van der Waals surface area contributed by atoms with Gasteiger partial charge < -0.3 is 16.2 Å². The summed E-state index contributed by atoms with van der Waals surface area (Å²) in [5, 5.41) is 12.6. The molecule has 2 aromatic rings. The van der Waals surface area contributed by atoms with E-state index in [4.69, 9.17) is 5.73 Å². The number of amides is 1. The minimum atomic E-state index is -0.263. The third-order valence-electron chi connectivity index (χ3n) is 4.24. The number of carbonyl (C=O) groups excluding carboxylic acids is 1. The maximum Gasteiger partial charge on any atom is 0.253 e. The molecule has 1 atom stereocenters. The highest BCUT2D eigenvalue weighted by Gasteiger charge is 2.35. The van der Waals surface area contributed by atoms with E-state index in [1.165, 1.54) is 6.20 Å². The lowest BCUT2D eigenvalue weighted by Crippen LogP contribution is -2.48. The lowest BCUT2D eigenvalue weighted by atomic mass is 9.76. The van der Waals surface area contributed by atoms with Gasteiger partial charge in [-0.1, -0.05) is 6.07 Å². The third kappa shape index (κ3) is 3.84. The molecule has 0 saturated heterocycles. The van der Waals surface area contributed by atoms with Crippen LogP contribution >= 0.6 is 0 Å². The first kappa shape index (κ1) is 15.4. The molecule has 23 heavy (non-hydrogen) atoms. The fourth-order valence-corrected chi connectivity index (χ4v) is 2.83. The Morgan fingerprint density at radius 2 is 2.13 bits per heavy atom. The van der Waals surface area contributed by atoms with Crippen LogP contribution in [0.15, 0.2) is 42.7 Å². The van der Waals surface area contributed by atoms with Gasteiger partial charge in [-0.2, -0.15) is 0 Å². The van der Waals surface area contributed by atoms with E-state index in [0.717, 1.165) is 5.69 Å². The molecule has 2 aromatic heterocycles. The van der Waals surface area contributed by atoms with E-state index in [-0.39, 0.29) is 24.0 Å². The Hall–Kier alpha value is -2.47. The van der Waals surface area contributed by atoms with E-state index in [1.54, 1.807) is 18.3 Å². The molecule has 4 N–H and O–H groups in total. The Morgan fingerprint density at radius 1 is 1.30 bits per heavy atom. The van der Waals surface area contributed by atoms with Crippen molar-refractivity contribution in [1.29, 1.82) is 0 Å². The van der Waals surface area contributed by atoms with Crippen LogP contribution < -0.4 is 11.1 Å². The Labute approximate surface area is 134 Å². The number of aliphatic hydroxyl groups is 1. The lowest BCUT2D eigenvalue weighted by molar-refractivity contribution is 0.0238. The van der Waals surface area contributed by atoms with E-state index in [2.05, 4.69) is 15.3 Å². The number of hydrogen-bond donors (Lipinski definition) is 3. The predicted octanol–water partition coefficient (Wildman–Crippen LogP) is 1.17. The number of nitrogens with zero attached hydrogens (tertiary/aromatic N) is 2. The second-order valence-electron chi connectivity index (χ2n) is 5.96. The molecule has 6 nitrogen and oxygen atoms in total. The Kier molecular flexibility index (Phi) is 4.52. The fraction of sp³-hybridized carbons (Fsp3) is 0.353. The van der Waals surface area contributed by atoms with Crippen molar-refractivity contribution in [2.75, 3.05) is 5.73 Å². The van der Waals surface area contributed by atoms with E-state index in [0.29, 0.717) is 30.6 Å². The largest absolute Gasteiger partial charge is 0.393 e. The average molecular weight is 312 g/mol. The van der Waals surface area contributed by atoms with E-state index < -0.39 is 0 Å². The van der Waals surface area contributed by atoms with Crippen LogP contribution in [0.2, 0.25) is 0 Å². The smallest absolute Gasteiger partial charge is 0.253 e. The van der Waals surface area contributed by atoms with Gasteiger partial charge in [-0.05, 0) is 43.0 Å². The van der Waals surface area contributed by atoms with Gasteiger partial charge in [0.25, 0.3) is 5.91 Å². The average Bonchev–Trinajstić information content (AvgIpc) is 2.53. The SMILES string of the molecule is Nc1ccc(C(=O)N[C@@H](Cc2ccccn2)C2CC(O)C2)cn1. The number of anilines is 1. The topological polar surface area (TPSA) is 101 Å². The number of aliphatic hydroxyl groups excluding tert-OH is 1. The summed E-state index contributed by atoms with van der Waals surface area (Å²) in [5.74, 6) is 0.464. The number of hydrogen-bond acceptors (Lipinski definition) is 5. The van der Waals surface area contributed by atoms with Gasteiger partial charge >= 0.3 is 0 Å². The highest BCUT2D eigenvalue weighted by atomic mass is 16.3. The van der Waals surface area contributed by atoms with Crippen LogP contribution in [0, 0.1) is 5.92 Å². The van der Waals surface area contributed by atoms with Gasteiger partial charge in [0, 0.05) is 30.6 Å². The zero-order chi connectivity index (χ0) is 16.2. The summed E-state index contributed by atoms with van der Waals surface area (Å²) in [5.41, 5.74) is 6.95. The lowest BCUT2D eigenvalue weighted by Gasteiger charge is -2.38. The second kappa shape index (κ2) is 6.75. The highest BCUT2D eigenvalue weighted by molar-refractivity contribution is 5.94. The van der Waals surface area contributed by atoms with Gasteiger partial charge in [-0.25, -0.2) is 4.98 Å². The zero-order valence-corrected chi connectivity index (χ0v) is 12.7. The van der Waals surface area contributed by atoms with Gasteiger partial charge in [0.05, 0.1) is 11.7 Å². The summed E-state index contributed by atoms with van der Waals surface area (Å²) in [4.78, 5) is 20.7. The predicted molar refractivity (Wildman–Crippen MR) is 86.6 cm³/mol. The van der Waals surface area contributed by atoms with Crippen LogP contribution in [0.25, 0.3) is 0 Å². The molecule has 1 amide bonds. The van der Waals surface area contributed by atoms with Gasteiger partial charge in [-0.15, -0.1) is 0 Å². The number of rotatable bonds is 5. The maximum absolute atomic E-state index is 12.4. The molecular formula is C17H20N4O2.